The zero-order valence-corrected chi connectivity index (χ0v) is 38.6. The van der Waals surface area contributed by atoms with E-state index in [4.69, 9.17) is 13.9 Å². The van der Waals surface area contributed by atoms with Gasteiger partial charge in [-0.15, -0.1) is 11.8 Å². The maximum atomic E-state index is 7.57. The minimum absolute atomic E-state index is 0.00493. The van der Waals surface area contributed by atoms with Gasteiger partial charge in [-0.05, 0) is 145 Å². The Kier molecular flexibility index (Phi) is 14.6. The molecule has 5 heteroatoms. The van der Waals surface area contributed by atoms with Crippen molar-refractivity contribution in [1.82, 2.24) is 0 Å². The van der Waals surface area contributed by atoms with E-state index in [9.17, 15) is 0 Å². The van der Waals surface area contributed by atoms with Crippen LogP contribution in [0.2, 0.25) is 5.04 Å². The Morgan fingerprint density at radius 1 is 0.764 bits per heavy atom. The second-order valence-corrected chi connectivity index (χ2v) is 26.1. The van der Waals surface area contributed by atoms with Gasteiger partial charge in [-0.3, -0.25) is 0 Å². The lowest BCUT2D eigenvalue weighted by Crippen LogP contribution is -2.68. The van der Waals surface area contributed by atoms with Crippen LogP contribution in [0.15, 0.2) is 60.7 Å². The van der Waals surface area contributed by atoms with Crippen molar-refractivity contribution < 1.29 is 13.9 Å². The summed E-state index contributed by atoms with van der Waals surface area (Å²) in [6, 6.07) is 22.1. The molecule has 0 heterocycles. The van der Waals surface area contributed by atoms with E-state index in [1.54, 1.807) is 0 Å². The highest BCUT2D eigenvalue weighted by Gasteiger charge is 2.61. The van der Waals surface area contributed by atoms with Gasteiger partial charge in [-0.2, -0.15) is 0 Å². The summed E-state index contributed by atoms with van der Waals surface area (Å²) in [4.78, 5) is 0. The van der Waals surface area contributed by atoms with E-state index < -0.39 is 8.32 Å². The first-order valence-electron chi connectivity index (χ1n) is 22.7. The van der Waals surface area contributed by atoms with E-state index in [-0.39, 0.29) is 16.6 Å². The number of methoxy groups -OCH3 is 1. The van der Waals surface area contributed by atoms with Gasteiger partial charge in [0.05, 0.1) is 18.8 Å². The highest BCUT2D eigenvalue weighted by Crippen LogP contribution is 2.68. The largest absolute Gasteiger partial charge is 0.402 e. The third kappa shape index (κ3) is 9.07. The van der Waals surface area contributed by atoms with Crippen LogP contribution in [-0.4, -0.2) is 45.9 Å². The average Bonchev–Trinajstić information content (AvgIpc) is 3.52. The standard InChI is InChI=1S/C50H80O3SSi/c1-36(2)18-17-19-37(3)44-27-28-45-43-26-24-38-34-39(30-32-49(38,7)46(43)31-33-50(44,45)8)52-47(54-10)29-25-40(35-51-9)53-55(48(4,5)6,41-20-13-11-14-21-41)42-22-15-12-16-23-42/h11-16,20-23,36-40,43-47H,17-19,24-35H2,1-10H3/t37-,38-,39-,40-,43-,44+,45-,46-,47?,49-,50+/m0/s1. The zero-order valence-electron chi connectivity index (χ0n) is 36.8. The van der Waals surface area contributed by atoms with E-state index in [0.29, 0.717) is 23.5 Å². The van der Waals surface area contributed by atoms with Crippen molar-refractivity contribution in [2.24, 2.45) is 52.3 Å². The zero-order chi connectivity index (χ0) is 39.4. The second kappa shape index (κ2) is 18.4. The lowest BCUT2D eigenvalue weighted by atomic mass is 9.44. The second-order valence-electron chi connectivity index (χ2n) is 20.8. The normalized spacial score (nSPS) is 32.7. The number of rotatable bonds is 17. The molecule has 0 radical (unpaired) electrons. The van der Waals surface area contributed by atoms with Crippen LogP contribution in [0.5, 0.6) is 0 Å². The van der Waals surface area contributed by atoms with Crippen molar-refractivity contribution in [2.75, 3.05) is 20.0 Å². The lowest BCUT2D eigenvalue weighted by Gasteiger charge is -2.61. The predicted octanol–water partition coefficient (Wildman–Crippen LogP) is 12.6. The minimum Gasteiger partial charge on any atom is -0.402 e. The molecule has 55 heavy (non-hydrogen) atoms. The lowest BCUT2D eigenvalue weighted by molar-refractivity contribution is -0.139. The van der Waals surface area contributed by atoms with Crippen molar-refractivity contribution in [3.63, 3.8) is 0 Å². The van der Waals surface area contributed by atoms with E-state index in [1.807, 2.05) is 18.9 Å². The summed E-state index contributed by atoms with van der Waals surface area (Å²) >= 11 is 1.90. The fourth-order valence-corrected chi connectivity index (χ4v) is 18.8. The predicted molar refractivity (Wildman–Crippen MR) is 239 cm³/mol. The first-order chi connectivity index (χ1) is 26.3. The van der Waals surface area contributed by atoms with Gasteiger partial charge in [0, 0.05) is 7.11 Å². The molecule has 2 aromatic rings. The molecule has 0 bridgehead atoms. The van der Waals surface area contributed by atoms with Gasteiger partial charge in [0.2, 0.25) is 0 Å². The van der Waals surface area contributed by atoms with Crippen LogP contribution >= 0.6 is 11.8 Å². The van der Waals surface area contributed by atoms with E-state index in [1.165, 1.54) is 87.4 Å². The third-order valence-corrected chi connectivity index (χ3v) is 22.2. The summed E-state index contributed by atoms with van der Waals surface area (Å²) in [6.07, 6.45) is 21.5. The van der Waals surface area contributed by atoms with Crippen LogP contribution in [0.25, 0.3) is 0 Å². The van der Waals surface area contributed by atoms with Gasteiger partial charge in [0.1, 0.15) is 5.44 Å². The molecule has 3 nitrogen and oxygen atoms in total. The molecule has 0 spiro atoms. The SMILES string of the molecule is COC[C@H](CCC(O[C@H]1CC[C@@]2(C)[C@@H](CC[C@@H]3[C@@H]2CC[C@]2(C)[C@@H]([C@@H](C)CCCC(C)C)CC[C@@H]32)C1)SC)O[Si](c1ccccc1)(c1ccccc1)C(C)(C)C. The Bertz CT molecular complexity index is 1420. The van der Waals surface area contributed by atoms with Crippen molar-refractivity contribution in [1.29, 1.82) is 0 Å². The number of hydrogen-bond donors (Lipinski definition) is 0. The first-order valence-corrected chi connectivity index (χ1v) is 25.9. The van der Waals surface area contributed by atoms with Crippen LogP contribution in [0.3, 0.4) is 0 Å². The maximum Gasteiger partial charge on any atom is 0.261 e. The summed E-state index contributed by atoms with van der Waals surface area (Å²) in [5.74, 6) is 6.32. The van der Waals surface area contributed by atoms with Crippen LogP contribution in [-0.2, 0) is 13.9 Å². The average molecular weight is 789 g/mol. The maximum absolute atomic E-state index is 7.57. The summed E-state index contributed by atoms with van der Waals surface area (Å²) in [7, 11) is -0.852. The Balaban J connectivity index is 1.08. The van der Waals surface area contributed by atoms with Crippen molar-refractivity contribution in [3.05, 3.63) is 60.7 Å². The highest BCUT2D eigenvalue weighted by molar-refractivity contribution is 7.99. The molecule has 0 aromatic heterocycles. The van der Waals surface area contributed by atoms with Gasteiger partial charge in [-0.1, -0.05) is 135 Å². The molecule has 0 amide bonds. The Morgan fingerprint density at radius 3 is 2.00 bits per heavy atom. The first kappa shape index (κ1) is 43.5. The number of ether oxygens (including phenoxy) is 2. The van der Waals surface area contributed by atoms with Crippen molar-refractivity contribution >= 4 is 30.5 Å². The molecular formula is C50H80O3SSi. The monoisotopic (exact) mass is 789 g/mol. The summed E-state index contributed by atoms with van der Waals surface area (Å²) in [6.45, 7) is 20.6. The highest BCUT2D eigenvalue weighted by atomic mass is 32.2. The summed E-state index contributed by atoms with van der Waals surface area (Å²) in [5.41, 5.74) is 1.25. The van der Waals surface area contributed by atoms with E-state index in [0.717, 1.165) is 54.3 Å². The van der Waals surface area contributed by atoms with Crippen LogP contribution in [0.4, 0.5) is 0 Å². The fraction of sp³-hybridized carbons (Fsp3) is 0.760. The minimum atomic E-state index is -2.68. The molecule has 6 rings (SSSR count). The van der Waals surface area contributed by atoms with Gasteiger partial charge in [-0.25, -0.2) is 0 Å². The molecule has 4 saturated carbocycles. The van der Waals surface area contributed by atoms with Gasteiger partial charge < -0.3 is 13.9 Å². The third-order valence-electron chi connectivity index (χ3n) is 16.3. The smallest absolute Gasteiger partial charge is 0.261 e. The van der Waals surface area contributed by atoms with Crippen molar-refractivity contribution in [3.8, 4) is 0 Å². The van der Waals surface area contributed by atoms with Crippen LogP contribution < -0.4 is 10.4 Å². The fourth-order valence-electron chi connectivity index (χ4n) is 13.4. The van der Waals surface area contributed by atoms with Gasteiger partial charge >= 0.3 is 0 Å². The molecule has 4 aliphatic rings. The molecule has 4 fully saturated rings. The molecule has 4 aliphatic carbocycles. The topological polar surface area (TPSA) is 27.7 Å². The van der Waals surface area contributed by atoms with Gasteiger partial charge in [0.25, 0.3) is 8.32 Å². The number of fused-ring (bicyclic) bond motifs is 5. The molecule has 0 aliphatic heterocycles. The Morgan fingerprint density at radius 2 is 1.40 bits per heavy atom. The Hall–Kier alpha value is -1.11. The molecule has 308 valence electrons. The molecule has 1 unspecified atom stereocenters. The van der Waals surface area contributed by atoms with E-state index >= 15 is 0 Å². The van der Waals surface area contributed by atoms with Gasteiger partial charge in [0.15, 0.2) is 0 Å². The number of benzene rings is 2. The summed E-state index contributed by atoms with van der Waals surface area (Å²) < 4.78 is 20.6. The Labute approximate surface area is 343 Å². The number of thioether (sulfide) groups is 1. The van der Waals surface area contributed by atoms with Crippen LogP contribution in [0.1, 0.15) is 145 Å². The molecule has 0 saturated heterocycles. The quantitative estimate of drug-likeness (QED) is 0.118. The van der Waals surface area contributed by atoms with Crippen LogP contribution in [0, 0.1) is 52.3 Å². The number of hydrogen-bond acceptors (Lipinski definition) is 4. The molecule has 11 atom stereocenters. The van der Waals surface area contributed by atoms with E-state index in [2.05, 4.69) is 122 Å². The molecule has 2 aromatic carbocycles. The summed E-state index contributed by atoms with van der Waals surface area (Å²) in [5, 5.41) is 2.59. The molecule has 0 N–H and O–H groups in total. The molecular weight excluding hydrogens is 709 g/mol. The van der Waals surface area contributed by atoms with Crippen molar-refractivity contribution in [2.45, 2.75) is 168 Å².